The summed E-state index contributed by atoms with van der Waals surface area (Å²) < 4.78 is 11.1. The lowest BCUT2D eigenvalue weighted by molar-refractivity contribution is 0.171. The highest BCUT2D eigenvalue weighted by molar-refractivity contribution is 7.99. The summed E-state index contributed by atoms with van der Waals surface area (Å²) in [6.45, 7) is 1.31. The molecular formula is C14H18O2S2. The van der Waals surface area contributed by atoms with Crippen LogP contribution in [0.1, 0.15) is 19.3 Å². The Hall–Kier alpha value is -0.480. The first-order chi connectivity index (χ1) is 8.81. The summed E-state index contributed by atoms with van der Waals surface area (Å²) in [6, 6.07) is 6.25. The maximum Gasteiger partial charge on any atom is 0.162 e. The van der Waals surface area contributed by atoms with Gasteiger partial charge in [-0.15, -0.1) is 11.8 Å². The molecule has 1 aromatic carbocycles. The average molecular weight is 282 g/mol. The maximum absolute atomic E-state index is 5.61. The third-order valence-corrected chi connectivity index (χ3v) is 5.82. The highest BCUT2D eigenvalue weighted by Crippen LogP contribution is 2.46. The number of thiol groups is 1. The van der Waals surface area contributed by atoms with Gasteiger partial charge in [-0.2, -0.15) is 12.6 Å². The largest absolute Gasteiger partial charge is 0.486 e. The first-order valence-electron chi connectivity index (χ1n) is 6.45. The number of hydrogen-bond acceptors (Lipinski definition) is 4. The van der Waals surface area contributed by atoms with E-state index < -0.39 is 0 Å². The first kappa shape index (κ1) is 12.5. The van der Waals surface area contributed by atoms with Crippen molar-refractivity contribution in [2.45, 2.75) is 24.2 Å². The third kappa shape index (κ3) is 2.45. The van der Waals surface area contributed by atoms with Gasteiger partial charge in [-0.25, -0.2) is 0 Å². The Morgan fingerprint density at radius 2 is 1.94 bits per heavy atom. The Morgan fingerprint density at radius 1 is 1.17 bits per heavy atom. The molecule has 1 fully saturated rings. The molecule has 0 radical (unpaired) electrons. The summed E-state index contributed by atoms with van der Waals surface area (Å²) >= 11 is 6.42. The Labute approximate surface area is 118 Å². The Bertz CT molecular complexity index is 424. The van der Waals surface area contributed by atoms with Crippen LogP contribution in [0.5, 0.6) is 11.5 Å². The lowest BCUT2D eigenvalue weighted by Crippen LogP contribution is -2.33. The number of thioether (sulfide) groups is 1. The fourth-order valence-corrected chi connectivity index (χ4v) is 4.17. The van der Waals surface area contributed by atoms with Gasteiger partial charge in [0.15, 0.2) is 11.5 Å². The molecule has 3 rings (SSSR count). The first-order valence-corrected chi connectivity index (χ1v) is 8.06. The van der Waals surface area contributed by atoms with Crippen molar-refractivity contribution in [3.05, 3.63) is 18.2 Å². The SMILES string of the molecule is SCC1(CSc2ccc3c(c2)OCCO3)CCC1. The molecule has 1 aliphatic heterocycles. The number of hydrogen-bond donors (Lipinski definition) is 1. The van der Waals surface area contributed by atoms with Gasteiger partial charge in [-0.1, -0.05) is 6.42 Å². The topological polar surface area (TPSA) is 18.5 Å². The summed E-state index contributed by atoms with van der Waals surface area (Å²) in [5, 5.41) is 0. The van der Waals surface area contributed by atoms with Crippen LogP contribution in [0.15, 0.2) is 23.1 Å². The minimum Gasteiger partial charge on any atom is -0.486 e. The molecule has 0 spiro atoms. The molecule has 2 nitrogen and oxygen atoms in total. The van der Waals surface area contributed by atoms with Crippen molar-refractivity contribution in [1.29, 1.82) is 0 Å². The smallest absolute Gasteiger partial charge is 0.162 e. The third-order valence-electron chi connectivity index (χ3n) is 3.81. The molecule has 0 N–H and O–H groups in total. The molecule has 0 atom stereocenters. The molecule has 1 saturated carbocycles. The van der Waals surface area contributed by atoms with Crippen molar-refractivity contribution in [2.75, 3.05) is 24.7 Å². The van der Waals surface area contributed by atoms with Gasteiger partial charge in [0.1, 0.15) is 13.2 Å². The Balaban J connectivity index is 1.66. The second-order valence-corrected chi connectivity index (χ2v) is 6.47. The molecule has 1 heterocycles. The normalized spacial score (nSPS) is 20.3. The van der Waals surface area contributed by atoms with Crippen molar-refractivity contribution >= 4 is 24.4 Å². The van der Waals surface area contributed by atoms with E-state index in [1.54, 1.807) is 0 Å². The van der Waals surface area contributed by atoms with E-state index in [1.807, 2.05) is 17.8 Å². The van der Waals surface area contributed by atoms with E-state index in [2.05, 4.69) is 24.8 Å². The monoisotopic (exact) mass is 282 g/mol. The fraction of sp³-hybridized carbons (Fsp3) is 0.571. The van der Waals surface area contributed by atoms with Gasteiger partial charge in [-0.05, 0) is 42.2 Å². The van der Waals surface area contributed by atoms with E-state index in [9.17, 15) is 0 Å². The van der Waals surface area contributed by atoms with Gasteiger partial charge in [0.25, 0.3) is 0 Å². The highest BCUT2D eigenvalue weighted by atomic mass is 32.2. The molecule has 0 aromatic heterocycles. The minimum atomic E-state index is 0.473. The zero-order valence-corrected chi connectivity index (χ0v) is 12.1. The summed E-state index contributed by atoms with van der Waals surface area (Å²) in [5.74, 6) is 3.93. The van der Waals surface area contributed by atoms with Crippen LogP contribution in [0, 0.1) is 5.41 Å². The van der Waals surface area contributed by atoms with Crippen LogP contribution in [0.2, 0.25) is 0 Å². The Morgan fingerprint density at radius 3 is 2.61 bits per heavy atom. The number of ether oxygens (including phenoxy) is 2. The zero-order chi connectivity index (χ0) is 12.4. The summed E-state index contributed by atoms with van der Waals surface area (Å²) in [6.07, 6.45) is 4.02. The minimum absolute atomic E-state index is 0.473. The summed E-state index contributed by atoms with van der Waals surface area (Å²) in [7, 11) is 0. The molecule has 18 heavy (non-hydrogen) atoms. The molecule has 0 unspecified atom stereocenters. The molecular weight excluding hydrogens is 264 g/mol. The van der Waals surface area contributed by atoms with Gasteiger partial charge < -0.3 is 9.47 Å². The van der Waals surface area contributed by atoms with Crippen LogP contribution < -0.4 is 9.47 Å². The van der Waals surface area contributed by atoms with Gasteiger partial charge >= 0.3 is 0 Å². The van der Waals surface area contributed by atoms with Gasteiger partial charge in [-0.3, -0.25) is 0 Å². The molecule has 0 saturated heterocycles. The number of rotatable bonds is 4. The van der Waals surface area contributed by atoms with Crippen LogP contribution in [0.25, 0.3) is 0 Å². The molecule has 1 aliphatic carbocycles. The van der Waals surface area contributed by atoms with Crippen LogP contribution >= 0.6 is 24.4 Å². The van der Waals surface area contributed by atoms with Crippen LogP contribution in [-0.4, -0.2) is 24.7 Å². The molecule has 1 aromatic rings. The zero-order valence-electron chi connectivity index (χ0n) is 10.4. The van der Waals surface area contributed by atoms with E-state index in [1.165, 1.54) is 24.2 Å². The summed E-state index contributed by atoms with van der Waals surface area (Å²) in [5.41, 5.74) is 0.473. The quantitative estimate of drug-likeness (QED) is 0.672. The van der Waals surface area contributed by atoms with E-state index in [0.29, 0.717) is 18.6 Å². The fourth-order valence-electron chi connectivity index (χ4n) is 2.37. The molecule has 0 amide bonds. The van der Waals surface area contributed by atoms with Gasteiger partial charge in [0.2, 0.25) is 0 Å². The second kappa shape index (κ2) is 5.25. The Kier molecular flexibility index (Phi) is 3.66. The van der Waals surface area contributed by atoms with E-state index in [4.69, 9.17) is 9.47 Å². The molecule has 2 aliphatic rings. The molecule has 0 bridgehead atoms. The van der Waals surface area contributed by atoms with Gasteiger partial charge in [0.05, 0.1) is 0 Å². The van der Waals surface area contributed by atoms with Crippen LogP contribution in [0.4, 0.5) is 0 Å². The van der Waals surface area contributed by atoms with Crippen molar-refractivity contribution in [1.82, 2.24) is 0 Å². The predicted octanol–water partition coefficient (Wildman–Crippen LogP) is 3.65. The van der Waals surface area contributed by atoms with Crippen molar-refractivity contribution in [3.8, 4) is 11.5 Å². The summed E-state index contributed by atoms with van der Waals surface area (Å²) in [4.78, 5) is 1.27. The van der Waals surface area contributed by atoms with E-state index >= 15 is 0 Å². The van der Waals surface area contributed by atoms with Gasteiger partial charge in [0, 0.05) is 10.6 Å². The number of benzene rings is 1. The van der Waals surface area contributed by atoms with Crippen LogP contribution in [0.3, 0.4) is 0 Å². The number of fused-ring (bicyclic) bond motifs is 1. The van der Waals surface area contributed by atoms with Crippen molar-refractivity contribution in [3.63, 3.8) is 0 Å². The van der Waals surface area contributed by atoms with E-state index in [-0.39, 0.29) is 0 Å². The molecule has 98 valence electrons. The average Bonchev–Trinajstić information content (AvgIpc) is 2.38. The highest BCUT2D eigenvalue weighted by Gasteiger charge is 2.35. The predicted molar refractivity (Wildman–Crippen MR) is 78.3 cm³/mol. The lowest BCUT2D eigenvalue weighted by Gasteiger charge is -2.40. The van der Waals surface area contributed by atoms with Crippen molar-refractivity contribution < 1.29 is 9.47 Å². The maximum atomic E-state index is 5.61. The second-order valence-electron chi connectivity index (χ2n) is 5.11. The molecule has 4 heteroatoms. The van der Waals surface area contributed by atoms with Crippen LogP contribution in [-0.2, 0) is 0 Å². The van der Waals surface area contributed by atoms with Crippen molar-refractivity contribution in [2.24, 2.45) is 5.41 Å². The lowest BCUT2D eigenvalue weighted by atomic mass is 9.72. The standard InChI is InChI=1S/C14H18O2S2/c17-9-14(4-1-5-14)10-18-11-2-3-12-13(8-11)16-7-6-15-12/h2-3,8,17H,1,4-7,9-10H2. The van der Waals surface area contributed by atoms with E-state index in [0.717, 1.165) is 23.0 Å².